The van der Waals surface area contributed by atoms with Gasteiger partial charge in [0.25, 0.3) is 0 Å². The van der Waals surface area contributed by atoms with E-state index in [1.165, 1.54) is 48.8 Å². The molecular weight excluding hydrogens is 367 g/mol. The molecule has 1 aromatic heterocycles. The zero-order valence-electron chi connectivity index (χ0n) is 17.0. The third kappa shape index (κ3) is 6.71. The van der Waals surface area contributed by atoms with Crippen molar-refractivity contribution in [3.8, 4) is 12.3 Å². The summed E-state index contributed by atoms with van der Waals surface area (Å²) in [5, 5.41) is 10.5. The van der Waals surface area contributed by atoms with E-state index >= 15 is 0 Å². The summed E-state index contributed by atoms with van der Waals surface area (Å²) in [6.07, 6.45) is 12.9. The SMILES string of the molecule is C#CCOC[C@@H](O)C[NH+](Cc1cccn1Cc1cccc(F)c1)C1CCCCC1. The van der Waals surface area contributed by atoms with Crippen LogP contribution in [0.2, 0.25) is 0 Å². The molecule has 0 bridgehead atoms. The molecule has 156 valence electrons. The van der Waals surface area contributed by atoms with Crippen molar-refractivity contribution in [2.45, 2.75) is 57.3 Å². The number of aromatic nitrogens is 1. The van der Waals surface area contributed by atoms with Gasteiger partial charge in [-0.2, -0.15) is 0 Å². The molecule has 1 aromatic carbocycles. The Morgan fingerprint density at radius 1 is 1.24 bits per heavy atom. The number of hydrogen-bond acceptors (Lipinski definition) is 2. The van der Waals surface area contributed by atoms with Crippen molar-refractivity contribution in [1.29, 1.82) is 0 Å². The van der Waals surface area contributed by atoms with Crippen LogP contribution >= 0.6 is 0 Å². The molecule has 5 heteroatoms. The van der Waals surface area contributed by atoms with E-state index in [1.54, 1.807) is 12.1 Å². The van der Waals surface area contributed by atoms with Crippen molar-refractivity contribution in [1.82, 2.24) is 4.57 Å². The number of terminal acetylenes is 1. The third-order valence-corrected chi connectivity index (χ3v) is 5.75. The first-order chi connectivity index (χ1) is 14.2. The normalized spacial score (nSPS) is 17.0. The lowest BCUT2D eigenvalue weighted by molar-refractivity contribution is -0.943. The Labute approximate surface area is 173 Å². The Morgan fingerprint density at radius 3 is 2.83 bits per heavy atom. The summed E-state index contributed by atoms with van der Waals surface area (Å²) in [6, 6.07) is 11.5. The predicted molar refractivity (Wildman–Crippen MR) is 112 cm³/mol. The van der Waals surface area contributed by atoms with Gasteiger partial charge in [-0.25, -0.2) is 4.39 Å². The first-order valence-corrected chi connectivity index (χ1v) is 10.6. The fourth-order valence-electron chi connectivity index (χ4n) is 4.34. The maximum absolute atomic E-state index is 13.6. The van der Waals surface area contributed by atoms with Gasteiger partial charge in [-0.1, -0.05) is 24.5 Å². The Balaban J connectivity index is 1.68. The Bertz CT molecular complexity index is 792. The molecule has 0 amide bonds. The van der Waals surface area contributed by atoms with E-state index in [0.717, 1.165) is 12.1 Å². The van der Waals surface area contributed by atoms with Gasteiger partial charge in [0.1, 0.15) is 31.6 Å². The van der Waals surface area contributed by atoms with Crippen LogP contribution in [-0.2, 0) is 17.8 Å². The van der Waals surface area contributed by atoms with Crippen LogP contribution < -0.4 is 4.90 Å². The number of ether oxygens (including phenoxy) is 1. The van der Waals surface area contributed by atoms with Crippen LogP contribution in [0.5, 0.6) is 0 Å². The average molecular weight is 400 g/mol. The second-order valence-electron chi connectivity index (χ2n) is 8.00. The Kier molecular flexibility index (Phi) is 8.30. The van der Waals surface area contributed by atoms with Gasteiger partial charge in [-0.15, -0.1) is 6.42 Å². The minimum absolute atomic E-state index is 0.208. The monoisotopic (exact) mass is 399 g/mol. The van der Waals surface area contributed by atoms with Gasteiger partial charge in [0.05, 0.1) is 18.3 Å². The van der Waals surface area contributed by atoms with Crippen molar-refractivity contribution in [2.75, 3.05) is 19.8 Å². The van der Waals surface area contributed by atoms with Gasteiger partial charge < -0.3 is 19.3 Å². The summed E-state index contributed by atoms with van der Waals surface area (Å²) >= 11 is 0. The first-order valence-electron chi connectivity index (χ1n) is 10.6. The fraction of sp³-hybridized carbons (Fsp3) is 0.500. The summed E-state index contributed by atoms with van der Waals surface area (Å²) in [4.78, 5) is 1.39. The van der Waals surface area contributed by atoms with E-state index < -0.39 is 6.10 Å². The molecule has 1 aliphatic carbocycles. The lowest BCUT2D eigenvalue weighted by Gasteiger charge is -2.33. The Hall–Kier alpha value is -2.13. The summed E-state index contributed by atoms with van der Waals surface area (Å²) in [5.74, 6) is 2.23. The fourth-order valence-corrected chi connectivity index (χ4v) is 4.34. The van der Waals surface area contributed by atoms with E-state index in [4.69, 9.17) is 11.2 Å². The number of rotatable bonds is 10. The third-order valence-electron chi connectivity index (χ3n) is 5.75. The van der Waals surface area contributed by atoms with E-state index in [0.29, 0.717) is 19.1 Å². The number of halogens is 1. The molecule has 29 heavy (non-hydrogen) atoms. The number of quaternary nitrogens is 1. The second-order valence-corrected chi connectivity index (χ2v) is 8.00. The van der Waals surface area contributed by atoms with Crippen LogP contribution in [0.4, 0.5) is 4.39 Å². The first kappa shape index (κ1) is 21.6. The molecule has 1 heterocycles. The second kappa shape index (κ2) is 11.2. The van der Waals surface area contributed by atoms with Crippen molar-refractivity contribution < 1.29 is 19.1 Å². The lowest BCUT2D eigenvalue weighted by Crippen LogP contribution is -3.15. The average Bonchev–Trinajstić information content (AvgIpc) is 3.15. The molecule has 0 aliphatic heterocycles. The lowest BCUT2D eigenvalue weighted by atomic mass is 9.94. The van der Waals surface area contributed by atoms with Gasteiger partial charge in [-0.05, 0) is 55.5 Å². The smallest absolute Gasteiger partial charge is 0.126 e. The summed E-state index contributed by atoms with van der Waals surface area (Å²) in [7, 11) is 0. The molecule has 4 nitrogen and oxygen atoms in total. The minimum atomic E-state index is -0.535. The van der Waals surface area contributed by atoms with Gasteiger partial charge in [0.15, 0.2) is 0 Å². The molecule has 0 spiro atoms. The molecule has 2 atom stereocenters. The number of hydrogen-bond donors (Lipinski definition) is 2. The number of aliphatic hydroxyl groups excluding tert-OH is 1. The molecule has 2 aromatic rings. The molecule has 1 saturated carbocycles. The van der Waals surface area contributed by atoms with E-state index in [2.05, 4.69) is 16.6 Å². The maximum atomic E-state index is 13.6. The van der Waals surface area contributed by atoms with Crippen LogP contribution in [0.1, 0.15) is 43.4 Å². The topological polar surface area (TPSA) is 38.8 Å². The number of aliphatic hydroxyl groups is 1. The van der Waals surface area contributed by atoms with Crippen LogP contribution in [0.3, 0.4) is 0 Å². The zero-order valence-corrected chi connectivity index (χ0v) is 17.0. The number of nitrogens with one attached hydrogen (secondary N) is 1. The molecule has 0 radical (unpaired) electrons. The van der Waals surface area contributed by atoms with Crippen LogP contribution in [0, 0.1) is 18.2 Å². The zero-order chi connectivity index (χ0) is 20.5. The highest BCUT2D eigenvalue weighted by Gasteiger charge is 2.27. The van der Waals surface area contributed by atoms with Gasteiger partial charge in [-0.3, -0.25) is 0 Å². The molecular formula is C24H32FN2O2+. The highest BCUT2D eigenvalue weighted by molar-refractivity contribution is 5.18. The van der Waals surface area contributed by atoms with E-state index in [9.17, 15) is 9.50 Å². The number of benzene rings is 1. The number of nitrogens with zero attached hydrogens (tertiary/aromatic N) is 1. The molecule has 1 unspecified atom stereocenters. The van der Waals surface area contributed by atoms with Crippen molar-refractivity contribution in [3.05, 3.63) is 59.7 Å². The summed E-state index contributed by atoms with van der Waals surface area (Å²) in [5.41, 5.74) is 2.15. The maximum Gasteiger partial charge on any atom is 0.126 e. The molecule has 2 N–H and O–H groups in total. The largest absolute Gasteiger partial charge is 0.385 e. The van der Waals surface area contributed by atoms with Crippen molar-refractivity contribution in [2.24, 2.45) is 0 Å². The quantitative estimate of drug-likeness (QED) is 0.476. The van der Waals surface area contributed by atoms with Gasteiger partial charge >= 0.3 is 0 Å². The highest BCUT2D eigenvalue weighted by Crippen LogP contribution is 2.16. The van der Waals surface area contributed by atoms with E-state index in [-0.39, 0.29) is 19.0 Å². The van der Waals surface area contributed by atoms with E-state index in [1.807, 2.05) is 18.3 Å². The molecule has 3 rings (SSSR count). The van der Waals surface area contributed by atoms with Gasteiger partial charge in [0.2, 0.25) is 0 Å². The van der Waals surface area contributed by atoms with Crippen molar-refractivity contribution in [3.63, 3.8) is 0 Å². The standard InChI is InChI=1S/C24H31FN2O2/c1-2-14-29-19-24(28)18-27(22-10-4-3-5-11-22)17-23-12-7-13-26(23)16-20-8-6-9-21(25)15-20/h1,6-9,12-13,15,22,24,28H,3-5,10-11,14,16-19H2/p+1/t24-/m0/s1. The molecule has 1 aliphatic rings. The van der Waals surface area contributed by atoms with Crippen LogP contribution in [-0.4, -0.2) is 41.6 Å². The highest BCUT2D eigenvalue weighted by atomic mass is 19.1. The summed E-state index contributed by atoms with van der Waals surface area (Å²) < 4.78 is 21.1. The molecule has 1 fully saturated rings. The minimum Gasteiger partial charge on any atom is -0.385 e. The van der Waals surface area contributed by atoms with Crippen LogP contribution in [0.15, 0.2) is 42.6 Å². The molecule has 0 saturated heterocycles. The van der Waals surface area contributed by atoms with Crippen LogP contribution in [0.25, 0.3) is 0 Å². The summed E-state index contributed by atoms with van der Waals surface area (Å²) in [6.45, 7) is 2.61. The predicted octanol–water partition coefficient (Wildman–Crippen LogP) is 2.40. The van der Waals surface area contributed by atoms with Gasteiger partial charge in [0, 0.05) is 12.7 Å². The Morgan fingerprint density at radius 2 is 2.07 bits per heavy atom. The van der Waals surface area contributed by atoms with Crippen molar-refractivity contribution >= 4 is 0 Å².